The van der Waals surface area contributed by atoms with Gasteiger partial charge in [-0.25, -0.2) is 9.97 Å². The Bertz CT molecular complexity index is 436. The van der Waals surface area contributed by atoms with Gasteiger partial charge in [-0.05, 0) is 25.7 Å². The van der Waals surface area contributed by atoms with E-state index in [0.29, 0.717) is 5.92 Å². The van der Waals surface area contributed by atoms with Crippen molar-refractivity contribution in [2.24, 2.45) is 5.92 Å². The first kappa shape index (κ1) is 14.1. The SMILES string of the molecule is CCc1nc(NC)c(C)c(N2CCCC(CO)C2)n1. The van der Waals surface area contributed by atoms with E-state index in [-0.39, 0.29) is 6.61 Å². The average Bonchev–Trinajstić information content (AvgIpc) is 2.47. The lowest BCUT2D eigenvalue weighted by molar-refractivity contribution is 0.208. The van der Waals surface area contributed by atoms with Gasteiger partial charge in [-0.2, -0.15) is 0 Å². The number of aromatic nitrogens is 2. The second kappa shape index (κ2) is 6.19. The zero-order valence-electron chi connectivity index (χ0n) is 12.1. The van der Waals surface area contributed by atoms with Gasteiger partial charge in [0.15, 0.2) is 0 Å². The fourth-order valence-corrected chi connectivity index (χ4v) is 2.67. The molecular weight excluding hydrogens is 240 g/mol. The van der Waals surface area contributed by atoms with Crippen molar-refractivity contribution in [3.8, 4) is 0 Å². The zero-order chi connectivity index (χ0) is 13.8. The standard InChI is InChI=1S/C14H24N4O/c1-4-12-16-13(15-3)10(2)14(17-12)18-7-5-6-11(8-18)9-19/h11,19H,4-9H2,1-3H3,(H,15,16,17). The summed E-state index contributed by atoms with van der Waals surface area (Å²) in [6, 6.07) is 0. The molecule has 2 rings (SSSR count). The Labute approximate surface area is 115 Å². The number of anilines is 2. The number of piperidine rings is 1. The molecule has 1 aromatic rings. The molecule has 1 fully saturated rings. The van der Waals surface area contributed by atoms with E-state index >= 15 is 0 Å². The predicted octanol–water partition coefficient (Wildman–Crippen LogP) is 1.60. The highest BCUT2D eigenvalue weighted by molar-refractivity contribution is 5.58. The molecule has 1 unspecified atom stereocenters. The third kappa shape index (κ3) is 2.97. The number of aryl methyl sites for hydroxylation is 1. The van der Waals surface area contributed by atoms with Gasteiger partial charge in [0.1, 0.15) is 17.5 Å². The molecule has 5 heteroatoms. The first-order valence-corrected chi connectivity index (χ1v) is 7.10. The van der Waals surface area contributed by atoms with Gasteiger partial charge in [0.25, 0.3) is 0 Å². The van der Waals surface area contributed by atoms with Crippen LogP contribution in [0.2, 0.25) is 0 Å². The molecule has 1 saturated heterocycles. The van der Waals surface area contributed by atoms with Gasteiger partial charge in [-0.15, -0.1) is 0 Å². The Morgan fingerprint density at radius 3 is 2.84 bits per heavy atom. The van der Waals surface area contributed by atoms with E-state index in [1.165, 1.54) is 0 Å². The molecule has 0 bridgehead atoms. The van der Waals surface area contributed by atoms with E-state index in [0.717, 1.165) is 55.4 Å². The molecule has 19 heavy (non-hydrogen) atoms. The minimum atomic E-state index is 0.264. The lowest BCUT2D eigenvalue weighted by Crippen LogP contribution is -2.38. The van der Waals surface area contributed by atoms with Crippen molar-refractivity contribution in [2.45, 2.75) is 33.1 Å². The van der Waals surface area contributed by atoms with Crippen molar-refractivity contribution < 1.29 is 5.11 Å². The van der Waals surface area contributed by atoms with E-state index in [1.807, 2.05) is 7.05 Å². The van der Waals surface area contributed by atoms with Crippen molar-refractivity contribution in [2.75, 3.05) is 37.0 Å². The summed E-state index contributed by atoms with van der Waals surface area (Å²) >= 11 is 0. The number of hydrogen-bond donors (Lipinski definition) is 2. The van der Waals surface area contributed by atoms with Gasteiger partial charge >= 0.3 is 0 Å². The van der Waals surface area contributed by atoms with E-state index < -0.39 is 0 Å². The maximum Gasteiger partial charge on any atom is 0.137 e. The summed E-state index contributed by atoms with van der Waals surface area (Å²) in [6.07, 6.45) is 3.06. The van der Waals surface area contributed by atoms with Crippen LogP contribution in [-0.4, -0.2) is 41.8 Å². The number of aliphatic hydroxyl groups is 1. The first-order valence-electron chi connectivity index (χ1n) is 7.10. The average molecular weight is 264 g/mol. The van der Waals surface area contributed by atoms with E-state index in [1.54, 1.807) is 0 Å². The monoisotopic (exact) mass is 264 g/mol. The number of nitrogens with one attached hydrogen (secondary N) is 1. The molecule has 1 aliphatic rings. The smallest absolute Gasteiger partial charge is 0.137 e. The first-order chi connectivity index (χ1) is 9.19. The van der Waals surface area contributed by atoms with Crippen molar-refractivity contribution in [3.63, 3.8) is 0 Å². The number of nitrogens with zero attached hydrogens (tertiary/aromatic N) is 3. The molecule has 0 amide bonds. The third-order valence-corrected chi connectivity index (χ3v) is 3.80. The molecule has 2 heterocycles. The minimum absolute atomic E-state index is 0.264. The normalized spacial score (nSPS) is 19.6. The van der Waals surface area contributed by atoms with Crippen LogP contribution >= 0.6 is 0 Å². The topological polar surface area (TPSA) is 61.3 Å². The molecule has 0 aliphatic carbocycles. The summed E-state index contributed by atoms with van der Waals surface area (Å²) in [5, 5.41) is 12.5. The highest BCUT2D eigenvalue weighted by atomic mass is 16.3. The van der Waals surface area contributed by atoms with E-state index in [4.69, 9.17) is 0 Å². The summed E-state index contributed by atoms with van der Waals surface area (Å²) in [5.74, 6) is 3.17. The predicted molar refractivity (Wildman–Crippen MR) is 77.7 cm³/mol. The minimum Gasteiger partial charge on any atom is -0.396 e. The summed E-state index contributed by atoms with van der Waals surface area (Å²) in [4.78, 5) is 11.5. The Morgan fingerprint density at radius 1 is 1.42 bits per heavy atom. The van der Waals surface area contributed by atoms with Gasteiger partial charge in [-0.3, -0.25) is 0 Å². The van der Waals surface area contributed by atoms with Crippen LogP contribution in [0, 0.1) is 12.8 Å². The third-order valence-electron chi connectivity index (χ3n) is 3.80. The van der Waals surface area contributed by atoms with Crippen LogP contribution in [-0.2, 0) is 6.42 Å². The highest BCUT2D eigenvalue weighted by Crippen LogP contribution is 2.27. The largest absolute Gasteiger partial charge is 0.396 e. The van der Waals surface area contributed by atoms with Crippen LogP contribution in [0.1, 0.15) is 31.2 Å². The second-order valence-electron chi connectivity index (χ2n) is 5.18. The Hall–Kier alpha value is -1.36. The number of rotatable bonds is 4. The van der Waals surface area contributed by atoms with E-state index in [9.17, 15) is 5.11 Å². The Kier molecular flexibility index (Phi) is 4.58. The van der Waals surface area contributed by atoms with Crippen LogP contribution in [0.4, 0.5) is 11.6 Å². The molecule has 1 aliphatic heterocycles. The van der Waals surface area contributed by atoms with Crippen LogP contribution in [0.5, 0.6) is 0 Å². The molecule has 0 spiro atoms. The molecule has 0 saturated carbocycles. The highest BCUT2D eigenvalue weighted by Gasteiger charge is 2.23. The van der Waals surface area contributed by atoms with Crippen LogP contribution in [0.3, 0.4) is 0 Å². The van der Waals surface area contributed by atoms with Crippen LogP contribution in [0.25, 0.3) is 0 Å². The van der Waals surface area contributed by atoms with Gasteiger partial charge < -0.3 is 15.3 Å². The number of aliphatic hydroxyl groups excluding tert-OH is 1. The maximum absolute atomic E-state index is 9.35. The molecule has 2 N–H and O–H groups in total. The Balaban J connectivity index is 2.32. The number of hydrogen-bond acceptors (Lipinski definition) is 5. The summed E-state index contributed by atoms with van der Waals surface area (Å²) in [6.45, 7) is 6.30. The maximum atomic E-state index is 9.35. The van der Waals surface area contributed by atoms with Crippen molar-refractivity contribution in [3.05, 3.63) is 11.4 Å². The van der Waals surface area contributed by atoms with Crippen LogP contribution < -0.4 is 10.2 Å². The zero-order valence-corrected chi connectivity index (χ0v) is 12.1. The summed E-state index contributed by atoms with van der Waals surface area (Å²) in [7, 11) is 1.89. The molecule has 1 atom stereocenters. The molecular formula is C14H24N4O. The van der Waals surface area contributed by atoms with E-state index in [2.05, 4.69) is 34.0 Å². The van der Waals surface area contributed by atoms with Gasteiger partial charge in [0, 0.05) is 38.7 Å². The fraction of sp³-hybridized carbons (Fsp3) is 0.714. The quantitative estimate of drug-likeness (QED) is 0.865. The molecule has 106 valence electrons. The lowest BCUT2D eigenvalue weighted by atomic mass is 9.99. The second-order valence-corrected chi connectivity index (χ2v) is 5.18. The molecule has 0 aromatic carbocycles. The summed E-state index contributed by atoms with van der Waals surface area (Å²) in [5.41, 5.74) is 1.10. The van der Waals surface area contributed by atoms with Crippen molar-refractivity contribution in [1.29, 1.82) is 0 Å². The fourth-order valence-electron chi connectivity index (χ4n) is 2.67. The lowest BCUT2D eigenvalue weighted by Gasteiger charge is -2.34. The van der Waals surface area contributed by atoms with Crippen molar-refractivity contribution in [1.82, 2.24) is 9.97 Å². The Morgan fingerprint density at radius 2 is 2.21 bits per heavy atom. The van der Waals surface area contributed by atoms with Gasteiger partial charge in [-0.1, -0.05) is 6.92 Å². The summed E-state index contributed by atoms with van der Waals surface area (Å²) < 4.78 is 0. The van der Waals surface area contributed by atoms with Crippen LogP contribution in [0.15, 0.2) is 0 Å². The van der Waals surface area contributed by atoms with Crippen molar-refractivity contribution >= 4 is 11.6 Å². The molecule has 0 radical (unpaired) electrons. The molecule has 1 aromatic heterocycles. The van der Waals surface area contributed by atoms with Gasteiger partial charge in [0.2, 0.25) is 0 Å². The van der Waals surface area contributed by atoms with Gasteiger partial charge in [0.05, 0.1) is 0 Å². The molecule has 5 nitrogen and oxygen atoms in total.